The molecule has 0 aliphatic rings. The zero-order valence-electron chi connectivity index (χ0n) is 12.3. The quantitative estimate of drug-likeness (QED) is 0.833. The number of carbonyl (C=O) groups excluding carboxylic acids is 1. The molecule has 0 bridgehead atoms. The third kappa shape index (κ3) is 5.81. The molecule has 2 N–H and O–H groups in total. The number of rotatable bonds is 6. The van der Waals surface area contributed by atoms with Gasteiger partial charge in [-0.25, -0.2) is 13.2 Å². The highest BCUT2D eigenvalue weighted by Crippen LogP contribution is 2.26. The fourth-order valence-electron chi connectivity index (χ4n) is 1.70. The SMILES string of the molecule is CC(C)NC(=O)NCCN(c1ccccc1Cl)S(C)(=O)=O. The van der Waals surface area contributed by atoms with Gasteiger partial charge in [-0.2, -0.15) is 0 Å². The van der Waals surface area contributed by atoms with Gasteiger partial charge in [0.15, 0.2) is 0 Å². The molecule has 1 rings (SSSR count). The second kappa shape index (κ2) is 7.51. The van der Waals surface area contributed by atoms with Crippen molar-refractivity contribution in [3.63, 3.8) is 0 Å². The molecule has 21 heavy (non-hydrogen) atoms. The largest absolute Gasteiger partial charge is 0.336 e. The molecule has 0 heterocycles. The number of anilines is 1. The number of nitrogens with zero attached hydrogens (tertiary/aromatic N) is 1. The summed E-state index contributed by atoms with van der Waals surface area (Å²) in [5, 5.41) is 5.61. The molecule has 1 aromatic rings. The average Bonchev–Trinajstić information content (AvgIpc) is 2.33. The summed E-state index contributed by atoms with van der Waals surface area (Å²) < 4.78 is 24.9. The summed E-state index contributed by atoms with van der Waals surface area (Å²) in [6.07, 6.45) is 1.10. The first-order valence-corrected chi connectivity index (χ1v) is 8.71. The van der Waals surface area contributed by atoms with Crippen LogP contribution >= 0.6 is 11.6 Å². The Morgan fingerprint density at radius 2 is 1.95 bits per heavy atom. The molecule has 6 nitrogen and oxygen atoms in total. The van der Waals surface area contributed by atoms with E-state index in [1.807, 2.05) is 13.8 Å². The number of para-hydroxylation sites is 1. The van der Waals surface area contributed by atoms with E-state index in [9.17, 15) is 13.2 Å². The van der Waals surface area contributed by atoms with Gasteiger partial charge in [0.25, 0.3) is 0 Å². The fourth-order valence-corrected chi connectivity index (χ4v) is 2.93. The lowest BCUT2D eigenvalue weighted by Crippen LogP contribution is -2.44. The number of hydrogen-bond donors (Lipinski definition) is 2. The van der Waals surface area contributed by atoms with Crippen molar-refractivity contribution in [2.45, 2.75) is 19.9 Å². The maximum atomic E-state index is 11.9. The average molecular weight is 334 g/mol. The van der Waals surface area contributed by atoms with Crippen LogP contribution in [0.4, 0.5) is 10.5 Å². The molecule has 0 fully saturated rings. The normalized spacial score (nSPS) is 11.3. The Hall–Kier alpha value is -1.47. The van der Waals surface area contributed by atoms with Crippen molar-refractivity contribution < 1.29 is 13.2 Å². The Bertz CT molecular complexity index is 590. The molecular weight excluding hydrogens is 314 g/mol. The lowest BCUT2D eigenvalue weighted by molar-refractivity contribution is 0.239. The van der Waals surface area contributed by atoms with Crippen molar-refractivity contribution in [2.75, 3.05) is 23.7 Å². The minimum atomic E-state index is -3.48. The number of carbonyl (C=O) groups is 1. The topological polar surface area (TPSA) is 78.5 Å². The van der Waals surface area contributed by atoms with Crippen LogP contribution in [0.25, 0.3) is 0 Å². The van der Waals surface area contributed by atoms with Crippen LogP contribution in [-0.4, -0.2) is 39.8 Å². The van der Waals surface area contributed by atoms with Gasteiger partial charge in [0, 0.05) is 12.6 Å². The van der Waals surface area contributed by atoms with Crippen LogP contribution in [0.1, 0.15) is 13.8 Å². The Morgan fingerprint density at radius 3 is 2.48 bits per heavy atom. The van der Waals surface area contributed by atoms with E-state index in [0.29, 0.717) is 10.7 Å². The van der Waals surface area contributed by atoms with Crippen molar-refractivity contribution in [1.82, 2.24) is 10.6 Å². The first-order chi connectivity index (χ1) is 9.71. The monoisotopic (exact) mass is 333 g/mol. The Balaban J connectivity index is 2.74. The number of urea groups is 1. The van der Waals surface area contributed by atoms with Crippen LogP contribution in [0.2, 0.25) is 5.02 Å². The lowest BCUT2D eigenvalue weighted by atomic mass is 10.3. The summed E-state index contributed by atoms with van der Waals surface area (Å²) in [6.45, 7) is 3.96. The van der Waals surface area contributed by atoms with E-state index in [0.717, 1.165) is 6.26 Å². The molecule has 0 aliphatic carbocycles. The number of nitrogens with one attached hydrogen (secondary N) is 2. The Labute approximate surface area is 130 Å². The van der Waals surface area contributed by atoms with Crippen LogP contribution in [0, 0.1) is 0 Å². The molecule has 0 unspecified atom stereocenters. The number of amides is 2. The molecule has 1 aromatic carbocycles. The zero-order valence-corrected chi connectivity index (χ0v) is 13.8. The van der Waals surface area contributed by atoms with Crippen molar-refractivity contribution in [3.8, 4) is 0 Å². The molecule has 0 saturated heterocycles. The van der Waals surface area contributed by atoms with Gasteiger partial charge in [0.1, 0.15) is 0 Å². The van der Waals surface area contributed by atoms with E-state index in [4.69, 9.17) is 11.6 Å². The number of sulfonamides is 1. The first kappa shape index (κ1) is 17.6. The predicted octanol–water partition coefficient (Wildman–Crippen LogP) is 1.81. The van der Waals surface area contributed by atoms with Gasteiger partial charge in [-0.05, 0) is 26.0 Å². The highest BCUT2D eigenvalue weighted by molar-refractivity contribution is 7.92. The molecule has 0 atom stereocenters. The summed E-state index contributed by atoms with van der Waals surface area (Å²) in [7, 11) is -3.48. The van der Waals surface area contributed by atoms with Crippen molar-refractivity contribution >= 4 is 33.3 Å². The molecular formula is C13H20ClN3O3S. The number of hydrogen-bond acceptors (Lipinski definition) is 3. The molecule has 0 spiro atoms. The van der Waals surface area contributed by atoms with E-state index >= 15 is 0 Å². The second-order valence-corrected chi connectivity index (χ2v) is 7.16. The van der Waals surface area contributed by atoms with Crippen LogP contribution in [0.3, 0.4) is 0 Å². The van der Waals surface area contributed by atoms with Crippen molar-refractivity contribution in [2.24, 2.45) is 0 Å². The van der Waals surface area contributed by atoms with E-state index in [1.165, 1.54) is 4.31 Å². The Morgan fingerprint density at radius 1 is 1.33 bits per heavy atom. The lowest BCUT2D eigenvalue weighted by Gasteiger charge is -2.23. The van der Waals surface area contributed by atoms with E-state index < -0.39 is 10.0 Å². The molecule has 0 radical (unpaired) electrons. The fraction of sp³-hybridized carbons (Fsp3) is 0.462. The number of benzene rings is 1. The van der Waals surface area contributed by atoms with Gasteiger partial charge >= 0.3 is 6.03 Å². The first-order valence-electron chi connectivity index (χ1n) is 6.48. The van der Waals surface area contributed by atoms with E-state index in [2.05, 4.69) is 10.6 Å². The third-order valence-electron chi connectivity index (χ3n) is 2.54. The van der Waals surface area contributed by atoms with Crippen molar-refractivity contribution in [3.05, 3.63) is 29.3 Å². The molecule has 0 aliphatic heterocycles. The second-order valence-electron chi connectivity index (χ2n) is 4.84. The predicted molar refractivity (Wildman–Crippen MR) is 85.3 cm³/mol. The highest BCUT2D eigenvalue weighted by atomic mass is 35.5. The van der Waals surface area contributed by atoms with Crippen LogP contribution in [0.5, 0.6) is 0 Å². The molecule has 0 aromatic heterocycles. The third-order valence-corrected chi connectivity index (χ3v) is 4.04. The van der Waals surface area contributed by atoms with Gasteiger partial charge in [-0.1, -0.05) is 23.7 Å². The molecule has 0 saturated carbocycles. The standard InChI is InChI=1S/C13H20ClN3O3S/c1-10(2)16-13(18)15-8-9-17(21(3,19)20)12-7-5-4-6-11(12)14/h4-7,10H,8-9H2,1-3H3,(H2,15,16,18). The van der Waals surface area contributed by atoms with Gasteiger partial charge < -0.3 is 10.6 Å². The van der Waals surface area contributed by atoms with Gasteiger partial charge in [-0.15, -0.1) is 0 Å². The minimum Gasteiger partial charge on any atom is -0.336 e. The highest BCUT2D eigenvalue weighted by Gasteiger charge is 2.19. The van der Waals surface area contributed by atoms with Gasteiger partial charge in [-0.3, -0.25) is 4.31 Å². The van der Waals surface area contributed by atoms with E-state index in [1.54, 1.807) is 24.3 Å². The van der Waals surface area contributed by atoms with Crippen LogP contribution < -0.4 is 14.9 Å². The summed E-state index contributed by atoms with van der Waals surface area (Å²) in [5.41, 5.74) is 0.396. The Kier molecular flexibility index (Phi) is 6.29. The molecule has 118 valence electrons. The van der Waals surface area contributed by atoms with Crippen LogP contribution in [0.15, 0.2) is 24.3 Å². The summed E-state index contributed by atoms with van der Waals surface area (Å²) in [4.78, 5) is 11.5. The summed E-state index contributed by atoms with van der Waals surface area (Å²) in [6, 6.07) is 6.35. The molecule has 8 heteroatoms. The maximum Gasteiger partial charge on any atom is 0.315 e. The molecule has 2 amide bonds. The van der Waals surface area contributed by atoms with Crippen LogP contribution in [-0.2, 0) is 10.0 Å². The van der Waals surface area contributed by atoms with Gasteiger partial charge in [0.05, 0.1) is 23.5 Å². The summed E-state index contributed by atoms with van der Waals surface area (Å²) >= 11 is 6.03. The minimum absolute atomic E-state index is 0.0135. The van der Waals surface area contributed by atoms with E-state index in [-0.39, 0.29) is 25.2 Å². The maximum absolute atomic E-state index is 11.9. The number of halogens is 1. The smallest absolute Gasteiger partial charge is 0.315 e. The van der Waals surface area contributed by atoms with Gasteiger partial charge in [0.2, 0.25) is 10.0 Å². The summed E-state index contributed by atoms with van der Waals surface area (Å²) in [5.74, 6) is 0. The van der Waals surface area contributed by atoms with Crippen molar-refractivity contribution in [1.29, 1.82) is 0 Å². The zero-order chi connectivity index (χ0) is 16.0.